The third-order valence-corrected chi connectivity index (χ3v) is 6.78. The van der Waals surface area contributed by atoms with E-state index in [2.05, 4.69) is 25.1 Å². The minimum Gasteiger partial charge on any atom is -0.493 e. The second-order valence-electron chi connectivity index (χ2n) is 9.25. The maximum atomic E-state index is 13.6. The molecule has 0 spiro atoms. The number of benzene rings is 2. The van der Waals surface area contributed by atoms with Gasteiger partial charge in [0.2, 0.25) is 0 Å². The van der Waals surface area contributed by atoms with Crippen LogP contribution in [0.4, 0.5) is 0 Å². The molecule has 2 unspecified atom stereocenters. The highest BCUT2D eigenvalue weighted by Gasteiger charge is 2.33. The summed E-state index contributed by atoms with van der Waals surface area (Å²) in [5.74, 6) is 0.741. The lowest BCUT2D eigenvalue weighted by atomic mass is 9.86. The Morgan fingerprint density at radius 1 is 1.14 bits per heavy atom. The number of allylic oxidation sites excluding steroid dienone is 1. The summed E-state index contributed by atoms with van der Waals surface area (Å²) in [5, 5.41) is 9.49. The summed E-state index contributed by atoms with van der Waals surface area (Å²) in [4.78, 5) is 27.2. The third-order valence-electron chi connectivity index (χ3n) is 6.78. The Morgan fingerprint density at radius 3 is 2.53 bits per heavy atom. The molecule has 190 valence electrons. The lowest BCUT2D eigenvalue weighted by Crippen LogP contribution is -2.49. The molecular weight excluding hydrogens is 452 g/mol. The maximum absolute atomic E-state index is 13.6. The number of rotatable bonds is 10. The van der Waals surface area contributed by atoms with Gasteiger partial charge in [-0.05, 0) is 62.4 Å². The highest BCUT2D eigenvalue weighted by Crippen LogP contribution is 2.35. The fourth-order valence-corrected chi connectivity index (χ4v) is 4.80. The van der Waals surface area contributed by atoms with Crippen molar-refractivity contribution in [2.24, 2.45) is 0 Å². The van der Waals surface area contributed by atoms with E-state index in [-0.39, 0.29) is 17.7 Å². The summed E-state index contributed by atoms with van der Waals surface area (Å²) in [6, 6.07) is 17.5. The molecule has 0 N–H and O–H groups in total. The number of nitrogens with zero attached hydrogens (tertiary/aromatic N) is 2. The number of hydrogen-bond donors (Lipinski definition) is 0. The highest BCUT2D eigenvalue weighted by molar-refractivity contribution is 5.94. The first kappa shape index (κ1) is 27.0. The zero-order valence-corrected chi connectivity index (χ0v) is 21.8. The van der Waals surface area contributed by atoms with Gasteiger partial charge in [-0.1, -0.05) is 55.7 Å². The minimum atomic E-state index is -0.704. The maximum Gasteiger partial charge on any atom is 0.263 e. The number of amides is 1. The molecule has 2 aromatic rings. The Hall–Kier alpha value is -3.59. The van der Waals surface area contributed by atoms with Crippen LogP contribution in [0.15, 0.2) is 54.1 Å². The van der Waals surface area contributed by atoms with Crippen LogP contribution in [-0.2, 0) is 4.79 Å². The number of carbonyl (C=O) groups excluding carboxylic acids is 2. The van der Waals surface area contributed by atoms with Gasteiger partial charge in [-0.15, -0.1) is 0 Å². The average molecular weight is 489 g/mol. The van der Waals surface area contributed by atoms with Crippen LogP contribution in [0, 0.1) is 11.3 Å². The summed E-state index contributed by atoms with van der Waals surface area (Å²) in [7, 11) is 1.52. The van der Waals surface area contributed by atoms with Crippen molar-refractivity contribution in [3.63, 3.8) is 0 Å². The molecule has 2 aromatic carbocycles. The van der Waals surface area contributed by atoms with Crippen LogP contribution in [0.1, 0.15) is 75.2 Å². The van der Waals surface area contributed by atoms with Crippen LogP contribution in [0.25, 0.3) is 5.57 Å². The Kier molecular flexibility index (Phi) is 9.69. The van der Waals surface area contributed by atoms with E-state index >= 15 is 0 Å². The smallest absolute Gasteiger partial charge is 0.263 e. The molecule has 36 heavy (non-hydrogen) atoms. The number of likely N-dealkylation sites (tertiary alicyclic amines) is 1. The Bertz CT molecular complexity index is 1130. The Balaban J connectivity index is 1.82. The summed E-state index contributed by atoms with van der Waals surface area (Å²) < 4.78 is 11.4. The predicted octanol–water partition coefficient (Wildman–Crippen LogP) is 6.21. The monoisotopic (exact) mass is 488 g/mol. The molecule has 6 heteroatoms. The molecule has 1 heterocycles. The lowest BCUT2D eigenvalue weighted by molar-refractivity contribution is -0.141. The Morgan fingerprint density at radius 2 is 1.89 bits per heavy atom. The van der Waals surface area contributed by atoms with Crippen LogP contribution in [-0.4, -0.2) is 42.4 Å². The van der Waals surface area contributed by atoms with Gasteiger partial charge in [0.05, 0.1) is 19.6 Å². The van der Waals surface area contributed by atoms with Gasteiger partial charge in [-0.3, -0.25) is 9.59 Å². The number of carbonyl (C=O) groups is 2. The SMILES string of the molecule is CCCCC1C/C(=C(/CC#N)c2ccccc2)CCN1C(=O)C(C)Oc1ccc(C(C)=O)cc1OC. The van der Waals surface area contributed by atoms with Crippen LogP contribution in [0.5, 0.6) is 11.5 Å². The van der Waals surface area contributed by atoms with Crippen LogP contribution < -0.4 is 9.47 Å². The molecule has 6 nitrogen and oxygen atoms in total. The molecule has 0 bridgehead atoms. The molecule has 1 aliphatic rings. The number of methoxy groups -OCH3 is 1. The molecule has 2 atom stereocenters. The summed E-state index contributed by atoms with van der Waals surface area (Å²) in [6.45, 7) is 6.00. The Labute approximate surface area is 214 Å². The van der Waals surface area contributed by atoms with Gasteiger partial charge >= 0.3 is 0 Å². The average Bonchev–Trinajstić information content (AvgIpc) is 2.90. The minimum absolute atomic E-state index is 0.0607. The summed E-state index contributed by atoms with van der Waals surface area (Å²) >= 11 is 0. The largest absolute Gasteiger partial charge is 0.493 e. The number of hydrogen-bond acceptors (Lipinski definition) is 5. The second-order valence-corrected chi connectivity index (χ2v) is 9.25. The van der Waals surface area contributed by atoms with Gasteiger partial charge < -0.3 is 14.4 Å². The van der Waals surface area contributed by atoms with Crippen molar-refractivity contribution in [3.8, 4) is 17.6 Å². The van der Waals surface area contributed by atoms with E-state index in [0.29, 0.717) is 30.0 Å². The molecule has 3 rings (SSSR count). The fraction of sp³-hybridized carbons (Fsp3) is 0.433. The van der Waals surface area contributed by atoms with Crippen LogP contribution in [0.2, 0.25) is 0 Å². The van der Waals surface area contributed by atoms with Crippen LogP contribution in [0.3, 0.4) is 0 Å². The zero-order chi connectivity index (χ0) is 26.1. The second kappa shape index (κ2) is 12.9. The standard InChI is InChI=1S/C30H36N2O4/c1-5-6-12-26-19-25(27(15-17-31)23-10-8-7-9-11-23)16-18-32(26)30(34)22(3)36-28-14-13-24(21(2)33)20-29(28)35-4/h7-11,13-14,20,22,26H,5-6,12,15-16,18-19H2,1-4H3/b27-25-. The van der Waals surface area contributed by atoms with E-state index in [1.807, 2.05) is 23.1 Å². The van der Waals surface area contributed by atoms with Gasteiger partial charge in [-0.25, -0.2) is 0 Å². The topological polar surface area (TPSA) is 79.6 Å². The number of unbranched alkanes of at least 4 members (excludes halogenated alkanes) is 1. The number of nitriles is 1. The van der Waals surface area contributed by atoms with E-state index in [9.17, 15) is 14.9 Å². The summed E-state index contributed by atoms with van der Waals surface area (Å²) in [5.41, 5.74) is 3.97. The molecule has 0 aromatic heterocycles. The normalized spacial score (nSPS) is 17.6. The van der Waals surface area contributed by atoms with E-state index in [1.165, 1.54) is 19.6 Å². The van der Waals surface area contributed by atoms with Crippen molar-refractivity contribution in [2.75, 3.05) is 13.7 Å². The van der Waals surface area contributed by atoms with E-state index in [4.69, 9.17) is 9.47 Å². The van der Waals surface area contributed by atoms with Crippen molar-refractivity contribution in [2.45, 2.75) is 71.4 Å². The quantitative estimate of drug-likeness (QED) is 0.371. The third kappa shape index (κ3) is 6.54. The number of ketones is 1. The van der Waals surface area contributed by atoms with E-state index in [0.717, 1.165) is 43.2 Å². The zero-order valence-electron chi connectivity index (χ0n) is 21.8. The molecule has 0 saturated carbocycles. The first-order chi connectivity index (χ1) is 17.4. The van der Waals surface area contributed by atoms with Gasteiger partial charge in [0.25, 0.3) is 5.91 Å². The van der Waals surface area contributed by atoms with Crippen LogP contribution >= 0.6 is 0 Å². The van der Waals surface area contributed by atoms with Crippen molar-refractivity contribution in [1.29, 1.82) is 5.26 Å². The van der Waals surface area contributed by atoms with E-state index < -0.39 is 6.10 Å². The fourth-order valence-electron chi connectivity index (χ4n) is 4.80. The molecule has 1 aliphatic heterocycles. The predicted molar refractivity (Wildman–Crippen MR) is 141 cm³/mol. The van der Waals surface area contributed by atoms with Gasteiger partial charge in [-0.2, -0.15) is 5.26 Å². The van der Waals surface area contributed by atoms with Crippen molar-refractivity contribution < 1.29 is 19.1 Å². The van der Waals surface area contributed by atoms with Crippen molar-refractivity contribution >= 4 is 17.3 Å². The molecule has 0 radical (unpaired) electrons. The number of Topliss-reactive ketones (excluding diaryl/α,β-unsaturated/α-hetero) is 1. The number of ether oxygens (including phenoxy) is 2. The molecule has 0 aliphatic carbocycles. The summed E-state index contributed by atoms with van der Waals surface area (Å²) in [6.07, 6.45) is 4.14. The first-order valence-corrected chi connectivity index (χ1v) is 12.7. The van der Waals surface area contributed by atoms with Crippen molar-refractivity contribution in [3.05, 3.63) is 65.2 Å². The molecule has 1 fully saturated rings. The lowest BCUT2D eigenvalue weighted by Gasteiger charge is -2.39. The first-order valence-electron chi connectivity index (χ1n) is 12.7. The van der Waals surface area contributed by atoms with Gasteiger partial charge in [0, 0.05) is 18.2 Å². The van der Waals surface area contributed by atoms with E-state index in [1.54, 1.807) is 25.1 Å². The van der Waals surface area contributed by atoms with Gasteiger partial charge in [0.15, 0.2) is 23.4 Å². The molecular formula is C30H36N2O4. The molecule has 1 saturated heterocycles. The molecule has 1 amide bonds. The highest BCUT2D eigenvalue weighted by atomic mass is 16.5. The number of piperidine rings is 1. The van der Waals surface area contributed by atoms with Gasteiger partial charge in [0.1, 0.15) is 0 Å². The van der Waals surface area contributed by atoms with Crippen molar-refractivity contribution in [1.82, 2.24) is 4.90 Å².